The third-order valence-corrected chi connectivity index (χ3v) is 5.26. The number of methoxy groups -OCH3 is 1. The van der Waals surface area contributed by atoms with Crippen molar-refractivity contribution in [1.82, 2.24) is 0 Å². The zero-order valence-corrected chi connectivity index (χ0v) is 16.9. The van der Waals surface area contributed by atoms with E-state index in [2.05, 4.69) is 26.1 Å². The molecule has 140 valence electrons. The van der Waals surface area contributed by atoms with Gasteiger partial charge in [0.2, 0.25) is 5.91 Å². The maximum atomic E-state index is 12.2. The number of rotatable bonds is 4. The van der Waals surface area contributed by atoms with E-state index in [0.29, 0.717) is 15.4 Å². The van der Waals surface area contributed by atoms with Crippen LogP contribution in [0.25, 0.3) is 6.08 Å². The summed E-state index contributed by atoms with van der Waals surface area (Å²) in [6.45, 7) is 8.08. The van der Waals surface area contributed by atoms with Crippen LogP contribution in [0.5, 0.6) is 0 Å². The summed E-state index contributed by atoms with van der Waals surface area (Å²) in [7, 11) is 1.28. The van der Waals surface area contributed by atoms with Gasteiger partial charge in [-0.25, -0.2) is 4.79 Å². The van der Waals surface area contributed by atoms with E-state index in [4.69, 9.17) is 4.74 Å². The summed E-state index contributed by atoms with van der Waals surface area (Å²) < 4.78 is 4.71. The molecule has 6 heteroatoms. The number of amides is 1. The molecular weight excluding hydrogens is 360 g/mol. The number of hydrogen-bond acceptors (Lipinski definition) is 5. The molecule has 0 aliphatic carbocycles. The van der Waals surface area contributed by atoms with Gasteiger partial charge in [-0.2, -0.15) is 5.26 Å². The molecule has 0 aliphatic heterocycles. The van der Waals surface area contributed by atoms with Crippen LogP contribution < -0.4 is 5.32 Å². The normalized spacial score (nSPS) is 11.3. The lowest BCUT2D eigenvalue weighted by Gasteiger charge is -2.18. The Morgan fingerprint density at radius 1 is 1.22 bits per heavy atom. The monoisotopic (exact) mass is 382 g/mol. The van der Waals surface area contributed by atoms with Crippen molar-refractivity contribution in [2.75, 3.05) is 12.4 Å². The van der Waals surface area contributed by atoms with Gasteiger partial charge in [-0.3, -0.25) is 4.79 Å². The number of carbonyl (C=O) groups excluding carboxylic acids is 2. The third-order valence-electron chi connectivity index (χ3n) is 4.07. The van der Waals surface area contributed by atoms with E-state index in [-0.39, 0.29) is 16.9 Å². The van der Waals surface area contributed by atoms with Crippen molar-refractivity contribution in [1.29, 1.82) is 5.26 Å². The Balaban J connectivity index is 2.15. The molecule has 0 atom stereocenters. The Bertz CT molecular complexity index is 926. The Labute approximate surface area is 163 Å². The fraction of sp³-hybridized carbons (Fsp3) is 0.286. The highest BCUT2D eigenvalue weighted by Gasteiger charge is 2.21. The van der Waals surface area contributed by atoms with Crippen LogP contribution in [0.4, 0.5) is 5.00 Å². The van der Waals surface area contributed by atoms with Crippen molar-refractivity contribution < 1.29 is 14.3 Å². The Morgan fingerprint density at radius 2 is 1.85 bits per heavy atom. The predicted molar refractivity (Wildman–Crippen MR) is 108 cm³/mol. The lowest BCUT2D eigenvalue weighted by atomic mass is 9.87. The maximum absolute atomic E-state index is 12.2. The van der Waals surface area contributed by atoms with Gasteiger partial charge in [0.15, 0.2) is 0 Å². The third kappa shape index (κ3) is 4.83. The molecular formula is C21H22N2O3S. The molecule has 1 heterocycles. The van der Waals surface area contributed by atoms with Crippen molar-refractivity contribution in [3.63, 3.8) is 0 Å². The Kier molecular flexibility index (Phi) is 6.19. The second kappa shape index (κ2) is 8.19. The van der Waals surface area contributed by atoms with Gasteiger partial charge in [0, 0.05) is 6.08 Å². The van der Waals surface area contributed by atoms with Crippen LogP contribution in [0, 0.1) is 18.3 Å². The van der Waals surface area contributed by atoms with Crippen LogP contribution in [-0.4, -0.2) is 19.0 Å². The molecule has 5 nitrogen and oxygen atoms in total. The predicted octanol–water partition coefficient (Wildman–Crippen LogP) is 4.66. The van der Waals surface area contributed by atoms with E-state index in [1.807, 2.05) is 30.3 Å². The largest absolute Gasteiger partial charge is 0.465 e. The highest BCUT2D eigenvalue weighted by Crippen LogP contribution is 2.33. The minimum atomic E-state index is -0.524. The molecule has 1 N–H and O–H groups in total. The number of esters is 1. The standard InChI is InChI=1S/C21H22N2O3S/c1-13-16(12-22)19(27-18(13)20(25)26-5)23-17(24)11-8-14-6-9-15(10-7-14)21(2,3)4/h6-11H,1-5H3,(H,23,24)/b11-8-. The van der Waals surface area contributed by atoms with Crippen LogP contribution in [0.3, 0.4) is 0 Å². The van der Waals surface area contributed by atoms with Crippen molar-refractivity contribution in [3.05, 3.63) is 57.5 Å². The van der Waals surface area contributed by atoms with E-state index < -0.39 is 5.97 Å². The molecule has 0 aliphatic rings. The molecule has 0 saturated carbocycles. The first-order chi connectivity index (χ1) is 12.7. The summed E-state index contributed by atoms with van der Waals surface area (Å²) in [6.07, 6.45) is 3.11. The average Bonchev–Trinajstić information content (AvgIpc) is 2.94. The SMILES string of the molecule is COC(=O)c1sc(NC(=O)/C=C\c2ccc(C(C)(C)C)cc2)c(C#N)c1C. The van der Waals surface area contributed by atoms with Gasteiger partial charge in [-0.15, -0.1) is 11.3 Å². The number of anilines is 1. The van der Waals surface area contributed by atoms with E-state index >= 15 is 0 Å². The lowest BCUT2D eigenvalue weighted by molar-refractivity contribution is -0.111. The van der Waals surface area contributed by atoms with Gasteiger partial charge >= 0.3 is 5.97 Å². The molecule has 0 unspecified atom stereocenters. The quantitative estimate of drug-likeness (QED) is 0.616. The number of hydrogen-bond donors (Lipinski definition) is 1. The lowest BCUT2D eigenvalue weighted by Crippen LogP contribution is -2.10. The molecule has 0 fully saturated rings. The smallest absolute Gasteiger partial charge is 0.348 e. The van der Waals surface area contributed by atoms with Gasteiger partial charge in [0.05, 0.1) is 12.7 Å². The maximum Gasteiger partial charge on any atom is 0.348 e. The summed E-state index contributed by atoms with van der Waals surface area (Å²) in [6, 6.07) is 10.0. The van der Waals surface area contributed by atoms with Crippen LogP contribution >= 0.6 is 11.3 Å². The first-order valence-corrected chi connectivity index (χ1v) is 9.20. The summed E-state index contributed by atoms with van der Waals surface area (Å²) in [5, 5.41) is 12.3. The van der Waals surface area contributed by atoms with Crippen molar-refractivity contribution in [3.8, 4) is 6.07 Å². The van der Waals surface area contributed by atoms with E-state index in [1.54, 1.807) is 13.0 Å². The summed E-state index contributed by atoms with van der Waals surface area (Å²) in [5.41, 5.74) is 2.97. The molecule has 0 bridgehead atoms. The average molecular weight is 382 g/mol. The number of nitrogens with one attached hydrogen (secondary N) is 1. The van der Waals surface area contributed by atoms with Gasteiger partial charge in [-0.1, -0.05) is 45.0 Å². The van der Waals surface area contributed by atoms with Gasteiger partial charge < -0.3 is 10.1 Å². The number of ether oxygens (including phenoxy) is 1. The van der Waals surface area contributed by atoms with Crippen molar-refractivity contribution in [2.45, 2.75) is 33.1 Å². The number of thiophene rings is 1. The van der Waals surface area contributed by atoms with Gasteiger partial charge in [0.1, 0.15) is 15.9 Å². The van der Waals surface area contributed by atoms with Crippen LogP contribution in [0.1, 0.15) is 52.7 Å². The molecule has 0 saturated heterocycles. The molecule has 2 rings (SSSR count). The van der Waals surface area contributed by atoms with Gasteiger partial charge in [-0.05, 0) is 35.1 Å². The molecule has 1 amide bonds. The minimum absolute atomic E-state index is 0.0711. The topological polar surface area (TPSA) is 79.2 Å². The molecule has 0 spiro atoms. The molecule has 27 heavy (non-hydrogen) atoms. The first kappa shape index (κ1) is 20.4. The number of nitriles is 1. The molecule has 2 aromatic rings. The number of benzene rings is 1. The zero-order chi connectivity index (χ0) is 20.2. The van der Waals surface area contributed by atoms with Gasteiger partial charge in [0.25, 0.3) is 0 Å². The number of nitrogens with zero attached hydrogens (tertiary/aromatic N) is 1. The fourth-order valence-corrected chi connectivity index (χ4v) is 3.52. The van der Waals surface area contributed by atoms with Crippen molar-refractivity contribution in [2.24, 2.45) is 0 Å². The van der Waals surface area contributed by atoms with Crippen LogP contribution in [-0.2, 0) is 14.9 Å². The second-order valence-corrected chi connectivity index (χ2v) is 8.08. The first-order valence-electron chi connectivity index (χ1n) is 8.38. The summed E-state index contributed by atoms with van der Waals surface area (Å²) in [4.78, 5) is 24.3. The highest BCUT2D eigenvalue weighted by atomic mass is 32.1. The summed E-state index contributed by atoms with van der Waals surface area (Å²) in [5.74, 6) is -0.895. The molecule has 1 aromatic carbocycles. The van der Waals surface area contributed by atoms with E-state index in [9.17, 15) is 14.9 Å². The second-order valence-electron chi connectivity index (χ2n) is 7.06. The Morgan fingerprint density at radius 3 is 2.37 bits per heavy atom. The Hall–Kier alpha value is -2.91. The summed E-state index contributed by atoms with van der Waals surface area (Å²) >= 11 is 1.04. The molecule has 0 radical (unpaired) electrons. The highest BCUT2D eigenvalue weighted by molar-refractivity contribution is 7.18. The van der Waals surface area contributed by atoms with Crippen molar-refractivity contribution >= 4 is 34.3 Å². The van der Waals surface area contributed by atoms with Crippen LogP contribution in [0.15, 0.2) is 30.3 Å². The van der Waals surface area contributed by atoms with E-state index in [0.717, 1.165) is 16.9 Å². The van der Waals surface area contributed by atoms with Crippen LogP contribution in [0.2, 0.25) is 0 Å². The minimum Gasteiger partial charge on any atom is -0.465 e. The van der Waals surface area contributed by atoms with E-state index in [1.165, 1.54) is 18.7 Å². The molecule has 1 aromatic heterocycles. The number of carbonyl (C=O) groups is 2. The fourth-order valence-electron chi connectivity index (χ4n) is 2.44. The zero-order valence-electron chi connectivity index (χ0n) is 16.0.